The third-order valence-corrected chi connectivity index (χ3v) is 2.18. The summed E-state index contributed by atoms with van der Waals surface area (Å²) >= 11 is 0. The fraction of sp³-hybridized carbons (Fsp3) is 0.462. The number of ether oxygens (including phenoxy) is 1. The smallest absolute Gasteiger partial charge is 0.308 e. The molecule has 100 valence electrons. The zero-order valence-corrected chi connectivity index (χ0v) is 10.7. The summed E-state index contributed by atoms with van der Waals surface area (Å²) < 4.78 is 31.9. The van der Waals surface area contributed by atoms with E-state index >= 15 is 0 Å². The van der Waals surface area contributed by atoms with Crippen LogP contribution in [0, 0.1) is 11.6 Å². The zero-order chi connectivity index (χ0) is 13.9. The van der Waals surface area contributed by atoms with Gasteiger partial charge in [-0.15, -0.1) is 0 Å². The maximum Gasteiger partial charge on any atom is 0.308 e. The second-order valence-electron chi connectivity index (χ2n) is 5.03. The van der Waals surface area contributed by atoms with Crippen molar-refractivity contribution in [1.29, 1.82) is 0 Å². The van der Waals surface area contributed by atoms with Gasteiger partial charge >= 0.3 is 5.97 Å². The van der Waals surface area contributed by atoms with Gasteiger partial charge in [-0.1, -0.05) is 6.07 Å². The van der Waals surface area contributed by atoms with Gasteiger partial charge in [0, 0.05) is 11.6 Å². The third-order valence-electron chi connectivity index (χ3n) is 2.18. The highest BCUT2D eigenvalue weighted by molar-refractivity contribution is 5.71. The Labute approximate surface area is 105 Å². The minimum absolute atomic E-state index is 0.269. The summed E-state index contributed by atoms with van der Waals surface area (Å²) in [6, 6.07) is 2.40. The SMILES string of the molecule is CC(C)(C)OC(=O)C[C@H](N)c1c(F)cccc1F. The van der Waals surface area contributed by atoms with Crippen LogP contribution in [0.2, 0.25) is 0 Å². The van der Waals surface area contributed by atoms with Crippen molar-refractivity contribution in [3.63, 3.8) is 0 Å². The van der Waals surface area contributed by atoms with E-state index in [0.717, 1.165) is 12.1 Å². The molecule has 0 heterocycles. The van der Waals surface area contributed by atoms with Gasteiger partial charge in [0.1, 0.15) is 17.2 Å². The Hall–Kier alpha value is -1.49. The number of esters is 1. The van der Waals surface area contributed by atoms with E-state index < -0.39 is 29.2 Å². The Morgan fingerprint density at radius 2 is 1.83 bits per heavy atom. The number of nitrogens with two attached hydrogens (primary N) is 1. The molecule has 0 spiro atoms. The summed E-state index contributed by atoms with van der Waals surface area (Å²) in [6.07, 6.45) is -0.269. The van der Waals surface area contributed by atoms with Crippen molar-refractivity contribution in [2.45, 2.75) is 38.8 Å². The van der Waals surface area contributed by atoms with Crippen molar-refractivity contribution in [3.05, 3.63) is 35.4 Å². The lowest BCUT2D eigenvalue weighted by Gasteiger charge is -2.21. The molecule has 0 amide bonds. The van der Waals surface area contributed by atoms with E-state index in [0.29, 0.717) is 0 Å². The van der Waals surface area contributed by atoms with Crippen LogP contribution in [-0.4, -0.2) is 11.6 Å². The molecular weight excluding hydrogens is 240 g/mol. The maximum atomic E-state index is 13.4. The van der Waals surface area contributed by atoms with Gasteiger partial charge < -0.3 is 10.5 Å². The minimum Gasteiger partial charge on any atom is -0.460 e. The Morgan fingerprint density at radius 3 is 2.28 bits per heavy atom. The standard InChI is InChI=1S/C13H17F2NO2/c1-13(2,3)18-11(17)7-10(16)12-8(14)5-4-6-9(12)15/h4-6,10H,7,16H2,1-3H3/t10-/m0/s1. The lowest BCUT2D eigenvalue weighted by Crippen LogP contribution is -2.27. The summed E-state index contributed by atoms with van der Waals surface area (Å²) in [5.74, 6) is -2.10. The zero-order valence-electron chi connectivity index (χ0n) is 10.7. The molecule has 0 unspecified atom stereocenters. The van der Waals surface area contributed by atoms with Crippen LogP contribution in [0.25, 0.3) is 0 Å². The number of halogens is 2. The second kappa shape index (κ2) is 5.44. The van der Waals surface area contributed by atoms with E-state index in [4.69, 9.17) is 10.5 Å². The normalized spacial score (nSPS) is 13.2. The van der Waals surface area contributed by atoms with Crippen molar-refractivity contribution in [2.75, 3.05) is 0 Å². The van der Waals surface area contributed by atoms with Gasteiger partial charge in [0.2, 0.25) is 0 Å². The number of carbonyl (C=O) groups excluding carboxylic acids is 1. The average molecular weight is 257 g/mol. The first-order valence-corrected chi connectivity index (χ1v) is 5.62. The molecule has 3 nitrogen and oxygen atoms in total. The molecule has 1 aromatic rings. The summed E-state index contributed by atoms with van der Waals surface area (Å²) in [4.78, 5) is 11.5. The van der Waals surface area contributed by atoms with Gasteiger partial charge in [0.25, 0.3) is 0 Å². The Kier molecular flexibility index (Phi) is 4.40. The van der Waals surface area contributed by atoms with E-state index in [9.17, 15) is 13.6 Å². The first kappa shape index (κ1) is 14.6. The third kappa shape index (κ3) is 4.07. The predicted molar refractivity (Wildman–Crippen MR) is 63.7 cm³/mol. The Morgan fingerprint density at radius 1 is 1.33 bits per heavy atom. The lowest BCUT2D eigenvalue weighted by atomic mass is 10.0. The van der Waals surface area contributed by atoms with E-state index in [1.165, 1.54) is 6.07 Å². The van der Waals surface area contributed by atoms with E-state index in [2.05, 4.69) is 0 Å². The topological polar surface area (TPSA) is 52.3 Å². The number of benzene rings is 1. The van der Waals surface area contributed by atoms with Crippen LogP contribution in [0.4, 0.5) is 8.78 Å². The van der Waals surface area contributed by atoms with Crippen LogP contribution >= 0.6 is 0 Å². The van der Waals surface area contributed by atoms with Crippen LogP contribution in [0.1, 0.15) is 38.8 Å². The Balaban J connectivity index is 2.77. The summed E-state index contributed by atoms with van der Waals surface area (Å²) in [6.45, 7) is 5.13. The second-order valence-corrected chi connectivity index (χ2v) is 5.03. The van der Waals surface area contributed by atoms with Gasteiger partial charge in [-0.25, -0.2) is 8.78 Å². The minimum atomic E-state index is -1.05. The predicted octanol–water partition coefficient (Wildman–Crippen LogP) is 2.70. The Bertz CT molecular complexity index is 421. The van der Waals surface area contributed by atoms with Crippen molar-refractivity contribution in [2.24, 2.45) is 5.73 Å². The van der Waals surface area contributed by atoms with Crippen molar-refractivity contribution < 1.29 is 18.3 Å². The summed E-state index contributed by atoms with van der Waals surface area (Å²) in [7, 11) is 0. The molecule has 18 heavy (non-hydrogen) atoms. The summed E-state index contributed by atoms with van der Waals surface area (Å²) in [5, 5.41) is 0. The fourth-order valence-electron chi connectivity index (χ4n) is 1.53. The molecule has 0 aliphatic carbocycles. The molecule has 0 radical (unpaired) electrons. The number of hydrogen-bond donors (Lipinski definition) is 1. The monoisotopic (exact) mass is 257 g/mol. The largest absolute Gasteiger partial charge is 0.460 e. The van der Waals surface area contributed by atoms with Crippen molar-refractivity contribution in [1.82, 2.24) is 0 Å². The van der Waals surface area contributed by atoms with Crippen LogP contribution < -0.4 is 5.73 Å². The van der Waals surface area contributed by atoms with Crippen LogP contribution in [0.5, 0.6) is 0 Å². The average Bonchev–Trinajstić information content (AvgIpc) is 2.13. The highest BCUT2D eigenvalue weighted by Gasteiger charge is 2.23. The molecule has 0 saturated heterocycles. The van der Waals surface area contributed by atoms with Crippen LogP contribution in [0.15, 0.2) is 18.2 Å². The first-order chi connectivity index (χ1) is 8.20. The highest BCUT2D eigenvalue weighted by Crippen LogP contribution is 2.22. The molecule has 1 atom stereocenters. The van der Waals surface area contributed by atoms with Gasteiger partial charge in [0.05, 0.1) is 6.42 Å². The quantitative estimate of drug-likeness (QED) is 0.847. The molecule has 0 aliphatic rings. The number of carbonyl (C=O) groups is 1. The lowest BCUT2D eigenvalue weighted by molar-refractivity contribution is -0.155. The van der Waals surface area contributed by atoms with Crippen molar-refractivity contribution >= 4 is 5.97 Å². The highest BCUT2D eigenvalue weighted by atomic mass is 19.1. The maximum absolute atomic E-state index is 13.4. The molecule has 5 heteroatoms. The van der Waals surface area contributed by atoms with Crippen LogP contribution in [0.3, 0.4) is 0 Å². The van der Waals surface area contributed by atoms with Gasteiger partial charge in [-0.2, -0.15) is 0 Å². The van der Waals surface area contributed by atoms with Crippen molar-refractivity contribution in [3.8, 4) is 0 Å². The summed E-state index contributed by atoms with van der Waals surface area (Å²) in [5.41, 5.74) is 4.70. The molecule has 0 aliphatic heterocycles. The van der Waals surface area contributed by atoms with Gasteiger partial charge in [-0.05, 0) is 32.9 Å². The van der Waals surface area contributed by atoms with Crippen LogP contribution in [-0.2, 0) is 9.53 Å². The molecule has 0 bridgehead atoms. The number of hydrogen-bond acceptors (Lipinski definition) is 3. The molecule has 0 aromatic heterocycles. The first-order valence-electron chi connectivity index (χ1n) is 5.62. The fourth-order valence-corrected chi connectivity index (χ4v) is 1.53. The van der Waals surface area contributed by atoms with E-state index in [1.54, 1.807) is 20.8 Å². The number of rotatable bonds is 3. The molecule has 1 aromatic carbocycles. The molecule has 0 saturated carbocycles. The van der Waals surface area contributed by atoms with Gasteiger partial charge in [0.15, 0.2) is 0 Å². The molecular formula is C13H17F2NO2. The molecule has 2 N–H and O–H groups in total. The molecule has 0 fully saturated rings. The molecule has 1 rings (SSSR count). The van der Waals surface area contributed by atoms with E-state index in [-0.39, 0.29) is 12.0 Å². The van der Waals surface area contributed by atoms with Gasteiger partial charge in [-0.3, -0.25) is 4.79 Å². The van der Waals surface area contributed by atoms with E-state index in [1.807, 2.05) is 0 Å².